The van der Waals surface area contributed by atoms with Gasteiger partial charge < -0.3 is 15.0 Å². The Morgan fingerprint density at radius 3 is 2.74 bits per heavy atom. The SMILES string of the molecule is COc1ncccc1C(=O)N1CCc2c(c(C(=O)NCc3nccs3)nn2Cc2ccccc2)C1. The molecule has 0 bridgehead atoms. The van der Waals surface area contributed by atoms with E-state index in [1.165, 1.54) is 18.4 Å². The minimum Gasteiger partial charge on any atom is -0.480 e. The number of fused-ring (bicyclic) bond motifs is 1. The maximum Gasteiger partial charge on any atom is 0.272 e. The fourth-order valence-electron chi connectivity index (χ4n) is 4.20. The van der Waals surface area contributed by atoms with E-state index in [0.717, 1.165) is 21.8 Å². The van der Waals surface area contributed by atoms with Gasteiger partial charge in [-0.3, -0.25) is 14.3 Å². The number of ether oxygens (including phenoxy) is 1. The zero-order valence-electron chi connectivity index (χ0n) is 19.2. The number of nitrogens with one attached hydrogen (secondary N) is 1. The van der Waals surface area contributed by atoms with E-state index in [1.807, 2.05) is 40.4 Å². The molecule has 0 aliphatic carbocycles. The van der Waals surface area contributed by atoms with Gasteiger partial charge in [0.15, 0.2) is 5.69 Å². The Kier molecular flexibility index (Phi) is 6.53. The van der Waals surface area contributed by atoms with E-state index in [9.17, 15) is 9.59 Å². The molecule has 0 radical (unpaired) electrons. The monoisotopic (exact) mass is 488 g/mol. The predicted octanol–water partition coefficient (Wildman–Crippen LogP) is 2.92. The topological polar surface area (TPSA) is 102 Å². The number of aromatic nitrogens is 4. The van der Waals surface area contributed by atoms with Crippen LogP contribution in [0.15, 0.2) is 60.2 Å². The fraction of sp³-hybridized carbons (Fsp3) is 0.240. The number of benzene rings is 1. The molecule has 5 rings (SSSR count). The second-order valence-corrected chi connectivity index (χ2v) is 9.04. The van der Waals surface area contributed by atoms with E-state index in [-0.39, 0.29) is 24.2 Å². The Morgan fingerprint density at radius 2 is 1.97 bits per heavy atom. The highest BCUT2D eigenvalue weighted by Gasteiger charge is 2.31. The number of hydrogen-bond acceptors (Lipinski definition) is 7. The number of carbonyl (C=O) groups excluding carboxylic acids is 2. The summed E-state index contributed by atoms with van der Waals surface area (Å²) < 4.78 is 7.17. The lowest BCUT2D eigenvalue weighted by molar-refractivity contribution is 0.0726. The molecule has 35 heavy (non-hydrogen) atoms. The maximum atomic E-state index is 13.3. The highest BCUT2D eigenvalue weighted by Crippen LogP contribution is 2.26. The highest BCUT2D eigenvalue weighted by atomic mass is 32.1. The van der Waals surface area contributed by atoms with Crippen LogP contribution in [0.2, 0.25) is 0 Å². The molecule has 0 saturated carbocycles. The first kappa shape index (κ1) is 22.7. The van der Waals surface area contributed by atoms with E-state index in [1.54, 1.807) is 29.4 Å². The Labute approximate surface area is 206 Å². The van der Waals surface area contributed by atoms with Crippen molar-refractivity contribution in [3.05, 3.63) is 93.3 Å². The number of pyridine rings is 1. The molecule has 10 heteroatoms. The van der Waals surface area contributed by atoms with E-state index in [4.69, 9.17) is 9.84 Å². The predicted molar refractivity (Wildman–Crippen MR) is 130 cm³/mol. The summed E-state index contributed by atoms with van der Waals surface area (Å²) in [7, 11) is 1.49. The number of thiazole rings is 1. The molecular formula is C25H24N6O3S. The van der Waals surface area contributed by atoms with Gasteiger partial charge in [0.25, 0.3) is 11.8 Å². The van der Waals surface area contributed by atoms with Crippen LogP contribution in [0.4, 0.5) is 0 Å². The molecule has 1 N–H and O–H groups in total. The third kappa shape index (κ3) is 4.78. The van der Waals surface area contributed by atoms with Crippen LogP contribution in [0.1, 0.15) is 42.7 Å². The van der Waals surface area contributed by atoms with Crippen molar-refractivity contribution in [2.45, 2.75) is 26.1 Å². The lowest BCUT2D eigenvalue weighted by Gasteiger charge is -2.28. The molecule has 178 valence electrons. The molecule has 3 aromatic heterocycles. The van der Waals surface area contributed by atoms with Gasteiger partial charge in [0.1, 0.15) is 10.6 Å². The van der Waals surface area contributed by atoms with Crippen LogP contribution in [0, 0.1) is 0 Å². The second-order valence-electron chi connectivity index (χ2n) is 8.06. The summed E-state index contributed by atoms with van der Waals surface area (Å²) in [6, 6.07) is 13.4. The van der Waals surface area contributed by atoms with Crippen LogP contribution in [0.25, 0.3) is 0 Å². The number of hydrogen-bond donors (Lipinski definition) is 1. The Morgan fingerprint density at radius 1 is 1.11 bits per heavy atom. The van der Waals surface area contributed by atoms with Gasteiger partial charge >= 0.3 is 0 Å². The quantitative estimate of drug-likeness (QED) is 0.429. The van der Waals surface area contributed by atoms with Crippen molar-refractivity contribution in [2.24, 2.45) is 0 Å². The first-order valence-electron chi connectivity index (χ1n) is 11.2. The Balaban J connectivity index is 1.44. The van der Waals surface area contributed by atoms with Gasteiger partial charge in [-0.2, -0.15) is 5.10 Å². The summed E-state index contributed by atoms with van der Waals surface area (Å²) in [5.74, 6) is -0.188. The van der Waals surface area contributed by atoms with E-state index in [2.05, 4.69) is 15.3 Å². The molecule has 0 atom stereocenters. The van der Waals surface area contributed by atoms with E-state index >= 15 is 0 Å². The summed E-state index contributed by atoms with van der Waals surface area (Å²) >= 11 is 1.48. The van der Waals surface area contributed by atoms with Crippen LogP contribution >= 0.6 is 11.3 Å². The van der Waals surface area contributed by atoms with Crippen molar-refractivity contribution in [3.8, 4) is 5.88 Å². The van der Waals surface area contributed by atoms with Crippen LogP contribution in [-0.2, 0) is 26.1 Å². The van der Waals surface area contributed by atoms with Gasteiger partial charge in [-0.15, -0.1) is 11.3 Å². The minimum absolute atomic E-state index is 0.189. The van der Waals surface area contributed by atoms with Crippen LogP contribution in [0.3, 0.4) is 0 Å². The molecule has 1 aliphatic heterocycles. The van der Waals surface area contributed by atoms with Crippen molar-refractivity contribution in [1.29, 1.82) is 0 Å². The molecule has 1 aliphatic rings. The molecule has 4 heterocycles. The molecule has 9 nitrogen and oxygen atoms in total. The average molecular weight is 489 g/mol. The van der Waals surface area contributed by atoms with Gasteiger partial charge in [0, 0.05) is 42.0 Å². The van der Waals surface area contributed by atoms with Crippen molar-refractivity contribution in [1.82, 2.24) is 30.0 Å². The second kappa shape index (κ2) is 10.1. The average Bonchev–Trinajstić information content (AvgIpc) is 3.55. The number of rotatable bonds is 7. The molecule has 2 amide bonds. The summed E-state index contributed by atoms with van der Waals surface area (Å²) in [6.07, 6.45) is 3.88. The molecule has 0 spiro atoms. The number of amides is 2. The lowest BCUT2D eigenvalue weighted by atomic mass is 10.0. The van der Waals surface area contributed by atoms with E-state index < -0.39 is 0 Å². The standard InChI is InChI=1S/C25H24N6O3S/c1-34-24-18(8-5-10-27-24)25(33)30-12-9-20-19(16-30)22(23(32)28-14-21-26-11-13-35-21)29-31(20)15-17-6-3-2-4-7-17/h2-8,10-11,13H,9,12,14-16H2,1H3,(H,28,32). The van der Waals surface area contributed by atoms with Crippen LogP contribution in [0.5, 0.6) is 5.88 Å². The lowest BCUT2D eigenvalue weighted by Crippen LogP contribution is -2.37. The third-order valence-electron chi connectivity index (χ3n) is 5.89. The molecular weight excluding hydrogens is 464 g/mol. The maximum absolute atomic E-state index is 13.3. The van der Waals surface area contributed by atoms with Crippen molar-refractivity contribution in [2.75, 3.05) is 13.7 Å². The van der Waals surface area contributed by atoms with E-state index in [0.29, 0.717) is 37.3 Å². The van der Waals surface area contributed by atoms with Gasteiger partial charge in [0.2, 0.25) is 5.88 Å². The zero-order chi connectivity index (χ0) is 24.2. The van der Waals surface area contributed by atoms with Gasteiger partial charge in [0.05, 0.1) is 26.7 Å². The first-order chi connectivity index (χ1) is 17.1. The van der Waals surface area contributed by atoms with Crippen LogP contribution in [-0.4, -0.2) is 50.1 Å². The molecule has 0 unspecified atom stereocenters. The fourth-order valence-corrected chi connectivity index (χ4v) is 4.76. The van der Waals surface area contributed by atoms with Crippen LogP contribution < -0.4 is 10.1 Å². The highest BCUT2D eigenvalue weighted by molar-refractivity contribution is 7.09. The summed E-state index contributed by atoms with van der Waals surface area (Å²) in [4.78, 5) is 36.6. The Hall–Kier alpha value is -4.05. The van der Waals surface area contributed by atoms with Crippen molar-refractivity contribution in [3.63, 3.8) is 0 Å². The third-order valence-corrected chi connectivity index (χ3v) is 6.67. The summed E-state index contributed by atoms with van der Waals surface area (Å²) in [5.41, 5.74) is 3.55. The summed E-state index contributed by atoms with van der Waals surface area (Å²) in [6.45, 7) is 1.66. The first-order valence-corrected chi connectivity index (χ1v) is 12.1. The van der Waals surface area contributed by atoms with Gasteiger partial charge in [-0.25, -0.2) is 9.97 Å². The van der Waals surface area contributed by atoms with Crippen molar-refractivity contribution >= 4 is 23.2 Å². The van der Waals surface area contributed by atoms with Gasteiger partial charge in [-0.1, -0.05) is 30.3 Å². The summed E-state index contributed by atoms with van der Waals surface area (Å²) in [5, 5.41) is 10.3. The smallest absolute Gasteiger partial charge is 0.272 e. The molecule has 1 aromatic carbocycles. The minimum atomic E-state index is -0.281. The largest absolute Gasteiger partial charge is 0.480 e. The molecule has 0 fully saturated rings. The zero-order valence-corrected chi connectivity index (χ0v) is 20.0. The molecule has 4 aromatic rings. The Bertz CT molecular complexity index is 1340. The number of methoxy groups -OCH3 is 1. The number of nitrogens with zero attached hydrogens (tertiary/aromatic N) is 5. The van der Waals surface area contributed by atoms with Gasteiger partial charge in [-0.05, 0) is 17.7 Å². The number of carbonyl (C=O) groups is 2. The van der Waals surface area contributed by atoms with Crippen molar-refractivity contribution < 1.29 is 14.3 Å². The normalized spacial score (nSPS) is 12.8. The molecule has 0 saturated heterocycles.